The van der Waals surface area contributed by atoms with E-state index in [1.807, 2.05) is 44.2 Å². The highest BCUT2D eigenvalue weighted by molar-refractivity contribution is 6.26. The maximum Gasteiger partial charge on any atom is 0.253 e. The van der Waals surface area contributed by atoms with Crippen LogP contribution < -0.4 is 20.4 Å². The zero-order valence-corrected chi connectivity index (χ0v) is 20.5. The van der Waals surface area contributed by atoms with Gasteiger partial charge in [-0.1, -0.05) is 54.1 Å². The van der Waals surface area contributed by atoms with Crippen molar-refractivity contribution in [2.45, 2.75) is 25.4 Å². The number of para-hydroxylation sites is 2. The summed E-state index contributed by atoms with van der Waals surface area (Å²) < 4.78 is 0. The number of fused-ring (bicyclic) bond motifs is 4. The number of nitrogens with zero attached hydrogens (tertiary/aromatic N) is 2. The number of anilines is 3. The van der Waals surface area contributed by atoms with E-state index in [-0.39, 0.29) is 18.4 Å². The van der Waals surface area contributed by atoms with Gasteiger partial charge in [-0.05, 0) is 44.2 Å². The number of carbonyl (C=O) groups excluding carboxylic acids is 4. The molecule has 8 nitrogen and oxygen atoms in total. The van der Waals surface area contributed by atoms with E-state index in [0.29, 0.717) is 22.6 Å². The van der Waals surface area contributed by atoms with E-state index in [4.69, 9.17) is 0 Å². The number of imide groups is 1. The van der Waals surface area contributed by atoms with Gasteiger partial charge in [0.2, 0.25) is 17.7 Å². The minimum Gasteiger partial charge on any atom is -0.325 e. The van der Waals surface area contributed by atoms with Gasteiger partial charge in [-0.3, -0.25) is 24.5 Å². The lowest BCUT2D eigenvalue weighted by molar-refractivity contribution is -0.132. The molecule has 186 valence electrons. The zero-order chi connectivity index (χ0) is 25.9. The molecule has 3 aliphatic rings. The molecule has 8 heteroatoms. The van der Waals surface area contributed by atoms with Gasteiger partial charge in [0.05, 0.1) is 17.5 Å². The van der Waals surface area contributed by atoms with Crippen LogP contribution in [0.25, 0.3) is 0 Å². The Morgan fingerprint density at radius 2 is 1.59 bits per heavy atom. The topological polar surface area (TPSA) is 98.8 Å². The fourth-order valence-corrected chi connectivity index (χ4v) is 6.08. The Labute approximate surface area is 214 Å². The lowest BCUT2D eigenvalue weighted by atomic mass is 9.76. The standard InChI is InChI=1S/C29H26N4O4/c1-17-12-14-20(15-13-17)33-26(35)24-18(2)31-29(25(24)27(33)36)21-10-6-7-11-22(21)32(28(29)37)16-23(34)30-19-8-4-3-5-9-19/h3-15,18,24-25,31H,16H2,1-2H3,(H,30,34)/t18-,24+,25-,29-/m0/s1. The molecular weight excluding hydrogens is 468 g/mol. The number of hydrogen-bond acceptors (Lipinski definition) is 5. The van der Waals surface area contributed by atoms with Crippen LogP contribution in [0.2, 0.25) is 0 Å². The summed E-state index contributed by atoms with van der Waals surface area (Å²) in [5, 5.41) is 6.16. The quantitative estimate of drug-likeness (QED) is 0.544. The maximum absolute atomic E-state index is 14.2. The van der Waals surface area contributed by atoms with Crippen LogP contribution in [0.4, 0.5) is 17.1 Å². The number of nitrogens with one attached hydrogen (secondary N) is 2. The first kappa shape index (κ1) is 23.1. The molecule has 3 aromatic rings. The third-order valence-electron chi connectivity index (χ3n) is 7.67. The Kier molecular flexibility index (Phi) is 5.24. The van der Waals surface area contributed by atoms with Crippen LogP contribution in [0.15, 0.2) is 78.9 Å². The summed E-state index contributed by atoms with van der Waals surface area (Å²) in [7, 11) is 0. The maximum atomic E-state index is 14.2. The molecular formula is C29H26N4O4. The second kappa shape index (κ2) is 8.38. The first-order chi connectivity index (χ1) is 17.8. The van der Waals surface area contributed by atoms with E-state index in [1.165, 1.54) is 9.80 Å². The number of amides is 4. The highest BCUT2D eigenvalue weighted by atomic mass is 16.2. The van der Waals surface area contributed by atoms with Crippen LogP contribution >= 0.6 is 0 Å². The van der Waals surface area contributed by atoms with Gasteiger partial charge in [-0.15, -0.1) is 0 Å². The van der Waals surface area contributed by atoms with Crippen molar-refractivity contribution in [2.24, 2.45) is 11.8 Å². The third kappa shape index (κ3) is 3.33. The fourth-order valence-electron chi connectivity index (χ4n) is 6.08. The molecule has 3 aliphatic heterocycles. The minimum atomic E-state index is -1.43. The van der Waals surface area contributed by atoms with Crippen LogP contribution in [0.1, 0.15) is 18.1 Å². The van der Waals surface area contributed by atoms with Crippen molar-refractivity contribution in [3.63, 3.8) is 0 Å². The van der Waals surface area contributed by atoms with E-state index in [2.05, 4.69) is 10.6 Å². The molecule has 6 rings (SSSR count). The van der Waals surface area contributed by atoms with Gasteiger partial charge in [-0.2, -0.15) is 0 Å². The van der Waals surface area contributed by atoms with Gasteiger partial charge in [0, 0.05) is 23.0 Å². The van der Waals surface area contributed by atoms with Crippen LogP contribution in [-0.2, 0) is 24.7 Å². The first-order valence-corrected chi connectivity index (χ1v) is 12.3. The predicted octanol–water partition coefficient (Wildman–Crippen LogP) is 2.97. The van der Waals surface area contributed by atoms with Crippen molar-refractivity contribution in [3.05, 3.63) is 90.0 Å². The summed E-state index contributed by atoms with van der Waals surface area (Å²) in [5.74, 6) is -3.11. The van der Waals surface area contributed by atoms with E-state index in [1.54, 1.807) is 48.5 Å². The molecule has 3 heterocycles. The summed E-state index contributed by atoms with van der Waals surface area (Å²) in [6.45, 7) is 3.55. The Hall–Kier alpha value is -4.30. The van der Waals surface area contributed by atoms with Gasteiger partial charge >= 0.3 is 0 Å². The molecule has 37 heavy (non-hydrogen) atoms. The van der Waals surface area contributed by atoms with E-state index in [0.717, 1.165) is 5.56 Å². The SMILES string of the molecule is Cc1ccc(N2C(=O)[C@@H]3[C@H](C)N[C@]4(C(=O)N(CC(=O)Nc5ccccc5)c5ccccc54)[C@@H]3C2=O)cc1. The van der Waals surface area contributed by atoms with Crippen molar-refractivity contribution >= 4 is 40.7 Å². The molecule has 0 unspecified atom stereocenters. The molecule has 0 aromatic heterocycles. The average Bonchev–Trinajstić information content (AvgIpc) is 3.44. The molecule has 4 atom stereocenters. The van der Waals surface area contributed by atoms with Crippen molar-refractivity contribution in [2.75, 3.05) is 21.7 Å². The predicted molar refractivity (Wildman–Crippen MR) is 139 cm³/mol. The number of aryl methyl sites for hydroxylation is 1. The van der Waals surface area contributed by atoms with Gasteiger partial charge in [-0.25, -0.2) is 4.90 Å². The van der Waals surface area contributed by atoms with Crippen molar-refractivity contribution in [1.29, 1.82) is 0 Å². The third-order valence-corrected chi connectivity index (χ3v) is 7.67. The number of hydrogen-bond donors (Lipinski definition) is 2. The highest BCUT2D eigenvalue weighted by Gasteiger charge is 2.71. The Balaban J connectivity index is 1.38. The molecule has 0 bridgehead atoms. The summed E-state index contributed by atoms with van der Waals surface area (Å²) in [5.41, 5.74) is 1.87. The Morgan fingerprint density at radius 3 is 2.32 bits per heavy atom. The van der Waals surface area contributed by atoms with E-state index in [9.17, 15) is 19.2 Å². The largest absolute Gasteiger partial charge is 0.325 e. The monoisotopic (exact) mass is 494 g/mol. The van der Waals surface area contributed by atoms with Gasteiger partial charge < -0.3 is 10.2 Å². The summed E-state index contributed by atoms with van der Waals surface area (Å²) >= 11 is 0. The summed E-state index contributed by atoms with van der Waals surface area (Å²) in [6.07, 6.45) is 0. The fraction of sp³-hybridized carbons (Fsp3) is 0.241. The molecule has 2 fully saturated rings. The van der Waals surface area contributed by atoms with Crippen LogP contribution in [0.5, 0.6) is 0 Å². The molecule has 2 saturated heterocycles. The van der Waals surface area contributed by atoms with Crippen LogP contribution in [0.3, 0.4) is 0 Å². The lowest BCUT2D eigenvalue weighted by Gasteiger charge is -2.30. The second-order valence-corrected chi connectivity index (χ2v) is 9.91. The van der Waals surface area contributed by atoms with E-state index >= 15 is 0 Å². The normalized spacial score (nSPS) is 26.1. The summed E-state index contributed by atoms with van der Waals surface area (Å²) in [4.78, 5) is 57.3. The average molecular weight is 495 g/mol. The molecule has 2 N–H and O–H groups in total. The zero-order valence-electron chi connectivity index (χ0n) is 20.5. The number of rotatable bonds is 4. The van der Waals surface area contributed by atoms with Crippen molar-refractivity contribution in [3.8, 4) is 0 Å². The van der Waals surface area contributed by atoms with Gasteiger partial charge in [0.1, 0.15) is 12.1 Å². The molecule has 0 radical (unpaired) electrons. The summed E-state index contributed by atoms with van der Waals surface area (Å²) in [6, 6.07) is 23.0. The highest BCUT2D eigenvalue weighted by Crippen LogP contribution is 2.54. The first-order valence-electron chi connectivity index (χ1n) is 12.3. The van der Waals surface area contributed by atoms with Crippen LogP contribution in [-0.4, -0.2) is 36.2 Å². The van der Waals surface area contributed by atoms with Crippen LogP contribution in [0, 0.1) is 18.8 Å². The molecule has 0 aliphatic carbocycles. The Bertz CT molecular complexity index is 1440. The molecule has 3 aromatic carbocycles. The van der Waals surface area contributed by atoms with E-state index < -0.39 is 35.2 Å². The molecule has 4 amide bonds. The van der Waals surface area contributed by atoms with Crippen molar-refractivity contribution < 1.29 is 19.2 Å². The van der Waals surface area contributed by atoms with Gasteiger partial charge in [0.25, 0.3) is 5.91 Å². The van der Waals surface area contributed by atoms with Crippen molar-refractivity contribution in [1.82, 2.24) is 5.32 Å². The smallest absolute Gasteiger partial charge is 0.253 e. The molecule has 0 saturated carbocycles. The molecule has 1 spiro atoms. The number of benzene rings is 3. The number of carbonyl (C=O) groups is 4. The van der Waals surface area contributed by atoms with Gasteiger partial charge in [0.15, 0.2) is 0 Å². The minimum absolute atomic E-state index is 0.219. The Morgan fingerprint density at radius 1 is 0.919 bits per heavy atom. The lowest BCUT2D eigenvalue weighted by Crippen LogP contribution is -2.55. The second-order valence-electron chi connectivity index (χ2n) is 9.91.